The lowest BCUT2D eigenvalue weighted by Crippen LogP contribution is -2.37. The lowest BCUT2D eigenvalue weighted by Gasteiger charge is -2.27. The van der Waals surface area contributed by atoms with E-state index in [2.05, 4.69) is 23.9 Å². The predicted octanol–water partition coefficient (Wildman–Crippen LogP) is 2.56. The maximum atomic E-state index is 10.9. The van der Waals surface area contributed by atoms with Crippen molar-refractivity contribution in [3.05, 3.63) is 34.3 Å². The number of hydrogen-bond donors (Lipinski definition) is 1. The van der Waals surface area contributed by atoms with Crippen molar-refractivity contribution in [1.29, 1.82) is 0 Å². The maximum Gasteiger partial charge on any atom is 0.335 e. The molecule has 1 unspecified atom stereocenters. The monoisotopic (exact) mass is 296 g/mol. The molecule has 0 radical (unpaired) electrons. The van der Waals surface area contributed by atoms with Crippen molar-refractivity contribution >= 4 is 17.6 Å². The molecular weight excluding hydrogens is 276 g/mol. The zero-order valence-corrected chi connectivity index (χ0v) is 12.7. The van der Waals surface area contributed by atoms with Crippen LogP contribution >= 0.6 is 11.6 Å². The topological polar surface area (TPSA) is 43.8 Å². The van der Waals surface area contributed by atoms with Crippen LogP contribution in [0.5, 0.6) is 0 Å². The number of rotatable bonds is 5. The molecule has 1 fully saturated rings. The van der Waals surface area contributed by atoms with Crippen LogP contribution in [0.1, 0.15) is 28.8 Å². The lowest BCUT2D eigenvalue weighted by molar-refractivity contribution is 0.0697. The Morgan fingerprint density at radius 1 is 1.50 bits per heavy atom. The Morgan fingerprint density at radius 2 is 2.25 bits per heavy atom. The van der Waals surface area contributed by atoms with E-state index in [1.165, 1.54) is 18.9 Å². The second-order valence-electron chi connectivity index (χ2n) is 5.64. The zero-order valence-electron chi connectivity index (χ0n) is 12.0. The fourth-order valence-corrected chi connectivity index (χ4v) is 3.00. The van der Waals surface area contributed by atoms with Crippen LogP contribution in [0.25, 0.3) is 0 Å². The van der Waals surface area contributed by atoms with Crippen LogP contribution < -0.4 is 0 Å². The number of nitrogens with zero attached hydrogens (tertiary/aromatic N) is 2. The van der Waals surface area contributed by atoms with E-state index in [0.29, 0.717) is 11.1 Å². The van der Waals surface area contributed by atoms with E-state index < -0.39 is 5.97 Å². The van der Waals surface area contributed by atoms with E-state index in [4.69, 9.17) is 16.7 Å². The molecule has 2 rings (SSSR count). The predicted molar refractivity (Wildman–Crippen MR) is 80.4 cm³/mol. The Balaban J connectivity index is 2.07. The number of carboxylic acids is 1. The van der Waals surface area contributed by atoms with Crippen LogP contribution in [0.15, 0.2) is 18.2 Å². The van der Waals surface area contributed by atoms with Gasteiger partial charge in [-0.2, -0.15) is 0 Å². The second kappa shape index (κ2) is 6.57. The smallest absolute Gasteiger partial charge is 0.335 e. The van der Waals surface area contributed by atoms with Crippen LogP contribution in [-0.4, -0.2) is 54.1 Å². The van der Waals surface area contributed by atoms with Gasteiger partial charge in [-0.1, -0.05) is 17.7 Å². The van der Waals surface area contributed by atoms with Crippen molar-refractivity contribution in [2.45, 2.75) is 25.4 Å². The minimum Gasteiger partial charge on any atom is -0.478 e. The molecule has 5 heteroatoms. The number of benzene rings is 1. The summed E-state index contributed by atoms with van der Waals surface area (Å²) in [7, 11) is 4.18. The quantitative estimate of drug-likeness (QED) is 0.907. The van der Waals surface area contributed by atoms with Crippen LogP contribution in [-0.2, 0) is 6.54 Å². The summed E-state index contributed by atoms with van der Waals surface area (Å²) in [6, 6.07) is 5.55. The van der Waals surface area contributed by atoms with Crippen molar-refractivity contribution in [2.24, 2.45) is 0 Å². The summed E-state index contributed by atoms with van der Waals surface area (Å²) in [5.41, 5.74) is 1.24. The highest BCUT2D eigenvalue weighted by atomic mass is 35.5. The highest BCUT2D eigenvalue weighted by molar-refractivity contribution is 6.31. The largest absolute Gasteiger partial charge is 0.478 e. The van der Waals surface area contributed by atoms with Gasteiger partial charge in [0.05, 0.1) is 5.56 Å². The average Bonchev–Trinajstić information content (AvgIpc) is 2.78. The zero-order chi connectivity index (χ0) is 14.7. The Hall–Kier alpha value is -1.10. The molecule has 0 spiro atoms. The molecule has 0 saturated carbocycles. The number of carboxylic acid groups (broad SMARTS) is 1. The van der Waals surface area contributed by atoms with Gasteiger partial charge in [0.1, 0.15) is 0 Å². The van der Waals surface area contributed by atoms with Gasteiger partial charge in [0.25, 0.3) is 0 Å². The fourth-order valence-electron chi connectivity index (χ4n) is 2.76. The first-order valence-electron chi connectivity index (χ1n) is 6.88. The molecule has 110 valence electrons. The third-order valence-corrected chi connectivity index (χ3v) is 4.10. The van der Waals surface area contributed by atoms with Crippen molar-refractivity contribution < 1.29 is 9.90 Å². The Labute approximate surface area is 124 Å². The molecular formula is C15H21ClN2O2. The molecule has 1 aliphatic rings. The first-order chi connectivity index (χ1) is 9.47. The number of carbonyl (C=O) groups is 1. The maximum absolute atomic E-state index is 10.9. The molecule has 4 nitrogen and oxygen atoms in total. The summed E-state index contributed by atoms with van der Waals surface area (Å²) in [5.74, 6) is -0.940. The minimum atomic E-state index is -0.940. The Kier molecular flexibility index (Phi) is 5.02. The van der Waals surface area contributed by atoms with Crippen molar-refractivity contribution in [2.75, 3.05) is 27.2 Å². The highest BCUT2D eigenvalue weighted by Gasteiger charge is 2.25. The number of halogens is 1. The number of aromatic carboxylic acids is 1. The first kappa shape index (κ1) is 15.3. The molecule has 1 aliphatic heterocycles. The molecule has 1 N–H and O–H groups in total. The van der Waals surface area contributed by atoms with Gasteiger partial charge in [-0.15, -0.1) is 0 Å². The van der Waals surface area contributed by atoms with Gasteiger partial charge in [0.15, 0.2) is 0 Å². The fraction of sp³-hybridized carbons (Fsp3) is 0.533. The van der Waals surface area contributed by atoms with E-state index in [-0.39, 0.29) is 5.56 Å². The summed E-state index contributed by atoms with van der Waals surface area (Å²) in [6.07, 6.45) is 2.42. The number of hydrogen-bond acceptors (Lipinski definition) is 3. The molecule has 0 aromatic heterocycles. The molecule has 0 bridgehead atoms. The minimum absolute atomic E-state index is 0.241. The van der Waals surface area contributed by atoms with Crippen LogP contribution in [0.2, 0.25) is 5.02 Å². The van der Waals surface area contributed by atoms with Crippen LogP contribution in [0.4, 0.5) is 0 Å². The average molecular weight is 297 g/mol. The van der Waals surface area contributed by atoms with E-state index in [0.717, 1.165) is 25.2 Å². The summed E-state index contributed by atoms with van der Waals surface area (Å²) >= 11 is 6.20. The second-order valence-corrected chi connectivity index (χ2v) is 6.05. The van der Waals surface area contributed by atoms with Gasteiger partial charge < -0.3 is 10.0 Å². The van der Waals surface area contributed by atoms with Crippen LogP contribution in [0.3, 0.4) is 0 Å². The summed E-state index contributed by atoms with van der Waals surface area (Å²) in [4.78, 5) is 15.5. The van der Waals surface area contributed by atoms with Gasteiger partial charge in [-0.05, 0) is 51.2 Å². The molecule has 1 aromatic rings. The Bertz CT molecular complexity index is 491. The van der Waals surface area contributed by atoms with Gasteiger partial charge >= 0.3 is 5.97 Å². The Morgan fingerprint density at radius 3 is 2.85 bits per heavy atom. The molecule has 0 aliphatic carbocycles. The lowest BCUT2D eigenvalue weighted by atomic mass is 10.1. The summed E-state index contributed by atoms with van der Waals surface area (Å²) in [5, 5.41) is 9.49. The van der Waals surface area contributed by atoms with Crippen molar-refractivity contribution in [3.63, 3.8) is 0 Å². The SMILES string of the molecule is CN(C)CC1CCCN1Cc1ccc(C(=O)O)cc1Cl. The van der Waals surface area contributed by atoms with E-state index >= 15 is 0 Å². The normalized spacial score (nSPS) is 19.7. The van der Waals surface area contributed by atoms with Gasteiger partial charge in [0, 0.05) is 24.2 Å². The highest BCUT2D eigenvalue weighted by Crippen LogP contribution is 2.25. The van der Waals surface area contributed by atoms with Gasteiger partial charge in [-0.3, -0.25) is 4.90 Å². The van der Waals surface area contributed by atoms with E-state index in [1.54, 1.807) is 6.07 Å². The molecule has 0 amide bonds. The molecule has 1 heterocycles. The molecule has 1 aromatic carbocycles. The van der Waals surface area contributed by atoms with Crippen molar-refractivity contribution in [1.82, 2.24) is 9.80 Å². The molecule has 1 atom stereocenters. The standard InChI is InChI=1S/C15H21ClN2O2/c1-17(2)10-13-4-3-7-18(13)9-12-6-5-11(15(19)20)8-14(12)16/h5-6,8,13H,3-4,7,9-10H2,1-2H3,(H,19,20). The van der Waals surface area contributed by atoms with Gasteiger partial charge in [0.2, 0.25) is 0 Å². The van der Waals surface area contributed by atoms with E-state index in [9.17, 15) is 4.79 Å². The number of likely N-dealkylation sites (tertiary alicyclic amines) is 1. The summed E-state index contributed by atoms with van der Waals surface area (Å²) in [6.45, 7) is 2.91. The third-order valence-electron chi connectivity index (χ3n) is 3.75. The van der Waals surface area contributed by atoms with Gasteiger partial charge in [-0.25, -0.2) is 4.79 Å². The molecule has 20 heavy (non-hydrogen) atoms. The third kappa shape index (κ3) is 3.72. The van der Waals surface area contributed by atoms with Crippen molar-refractivity contribution in [3.8, 4) is 0 Å². The molecule has 1 saturated heterocycles. The number of likely N-dealkylation sites (N-methyl/N-ethyl adjacent to an activating group) is 1. The van der Waals surface area contributed by atoms with E-state index in [1.807, 2.05) is 6.07 Å². The first-order valence-corrected chi connectivity index (χ1v) is 7.25. The summed E-state index contributed by atoms with van der Waals surface area (Å²) < 4.78 is 0. The van der Waals surface area contributed by atoms with Crippen LogP contribution in [0, 0.1) is 0 Å².